The normalized spacial score (nSPS) is 12.5. The van der Waals surface area contributed by atoms with Crippen LogP contribution in [0.1, 0.15) is 23.9 Å². The predicted molar refractivity (Wildman–Crippen MR) is 106 cm³/mol. The third-order valence-electron chi connectivity index (χ3n) is 4.25. The van der Waals surface area contributed by atoms with E-state index >= 15 is 0 Å². The summed E-state index contributed by atoms with van der Waals surface area (Å²) in [5.74, 6) is -0.507. The fourth-order valence-corrected chi connectivity index (χ4v) is 3.92. The van der Waals surface area contributed by atoms with Gasteiger partial charge in [0, 0.05) is 18.7 Å². The number of carbonyl (C=O) groups excluding carboxylic acids is 1. The Kier molecular flexibility index (Phi) is 6.66. The molecule has 6 nitrogen and oxygen atoms in total. The first kappa shape index (κ1) is 21.7. The summed E-state index contributed by atoms with van der Waals surface area (Å²) in [5.41, 5.74) is 0.116. The number of rotatable bonds is 7. The molecular weight excluding hydrogens is 417 g/mol. The van der Waals surface area contributed by atoms with Gasteiger partial charge in [-0.2, -0.15) is 13.2 Å². The summed E-state index contributed by atoms with van der Waals surface area (Å²) in [4.78, 5) is 12.2. The minimum Gasteiger partial charge on any atom is -0.325 e. The maximum Gasteiger partial charge on any atom is 0.416 e. The van der Waals surface area contributed by atoms with Gasteiger partial charge in [-0.15, -0.1) is 10.2 Å². The van der Waals surface area contributed by atoms with Crippen LogP contribution >= 0.6 is 0 Å². The number of benzene rings is 2. The highest BCUT2D eigenvalue weighted by Crippen LogP contribution is 2.30. The second kappa shape index (κ2) is 9.21. The average molecular weight is 436 g/mol. The minimum absolute atomic E-state index is 0.0199. The van der Waals surface area contributed by atoms with Crippen molar-refractivity contribution in [2.75, 3.05) is 11.1 Å². The lowest BCUT2D eigenvalue weighted by molar-refractivity contribution is -0.137. The molecule has 1 heterocycles. The maximum absolute atomic E-state index is 12.8. The zero-order chi connectivity index (χ0) is 21.7. The molecule has 0 saturated carbocycles. The van der Waals surface area contributed by atoms with E-state index < -0.39 is 34.2 Å². The van der Waals surface area contributed by atoms with E-state index in [1.807, 2.05) is 37.3 Å². The number of amides is 1. The summed E-state index contributed by atoms with van der Waals surface area (Å²) in [5, 5.41) is 10.6. The fourth-order valence-electron chi connectivity index (χ4n) is 2.87. The Morgan fingerprint density at radius 3 is 2.50 bits per heavy atom. The van der Waals surface area contributed by atoms with Crippen molar-refractivity contribution < 1.29 is 22.2 Å². The molecule has 0 fully saturated rings. The maximum atomic E-state index is 12.8. The van der Waals surface area contributed by atoms with E-state index in [9.17, 15) is 22.2 Å². The molecule has 0 bridgehead atoms. The summed E-state index contributed by atoms with van der Waals surface area (Å²) >= 11 is 0. The van der Waals surface area contributed by atoms with Gasteiger partial charge in [0.05, 0.1) is 5.56 Å². The van der Waals surface area contributed by atoms with Gasteiger partial charge >= 0.3 is 6.18 Å². The van der Waals surface area contributed by atoms with Crippen molar-refractivity contribution in [2.24, 2.45) is 0 Å². The molecule has 3 aromatic rings. The number of aromatic nitrogens is 3. The molecule has 1 atom stereocenters. The van der Waals surface area contributed by atoms with Gasteiger partial charge in [-0.05, 0) is 30.7 Å². The smallest absolute Gasteiger partial charge is 0.325 e. The summed E-state index contributed by atoms with van der Waals surface area (Å²) in [7, 11) is -1.80. The van der Waals surface area contributed by atoms with E-state index in [4.69, 9.17) is 0 Å². The van der Waals surface area contributed by atoms with E-state index in [1.54, 1.807) is 4.57 Å². The molecule has 0 aliphatic heterocycles. The van der Waals surface area contributed by atoms with E-state index in [1.165, 1.54) is 12.1 Å². The van der Waals surface area contributed by atoms with Gasteiger partial charge in [-0.1, -0.05) is 36.4 Å². The third kappa shape index (κ3) is 5.32. The van der Waals surface area contributed by atoms with Crippen LogP contribution in [-0.4, -0.2) is 30.6 Å². The van der Waals surface area contributed by atoms with E-state index in [2.05, 4.69) is 15.5 Å². The van der Waals surface area contributed by atoms with E-state index in [0.717, 1.165) is 17.7 Å². The molecule has 10 heteroatoms. The Bertz CT molecular complexity index is 1050. The fraction of sp³-hybridized carbons (Fsp3) is 0.250. The van der Waals surface area contributed by atoms with Crippen LogP contribution in [0.15, 0.2) is 59.8 Å². The Labute approximate surface area is 173 Å². The van der Waals surface area contributed by atoms with Gasteiger partial charge in [-0.25, -0.2) is 0 Å². The first-order chi connectivity index (χ1) is 14.3. The van der Waals surface area contributed by atoms with Crippen molar-refractivity contribution in [3.8, 4) is 0 Å². The largest absolute Gasteiger partial charge is 0.416 e. The molecular formula is C20H19F3N4O2S. The quantitative estimate of drug-likeness (QED) is 0.613. The molecule has 0 saturated heterocycles. The lowest BCUT2D eigenvalue weighted by atomic mass is 10.1. The van der Waals surface area contributed by atoms with Crippen molar-refractivity contribution in [1.82, 2.24) is 14.8 Å². The number of alkyl halides is 3. The monoisotopic (exact) mass is 436 g/mol. The van der Waals surface area contributed by atoms with Crippen LogP contribution in [0.3, 0.4) is 0 Å². The number of hydrogen-bond donors (Lipinski definition) is 1. The number of halogens is 3. The average Bonchev–Trinajstić information content (AvgIpc) is 3.11. The van der Waals surface area contributed by atoms with Crippen LogP contribution in [-0.2, 0) is 34.7 Å². The standard InChI is InChI=1S/C20H19F3N4O2S/c1-2-27-17(11-14-7-4-3-5-8-14)25-26-19(27)30(29)13-18(28)24-16-10-6-9-15(12-16)20(21,22)23/h3-10,12H,2,11,13H2,1H3,(H,24,28). The number of carbonyl (C=O) groups is 1. The van der Waals surface area contributed by atoms with Crippen molar-refractivity contribution in [1.29, 1.82) is 0 Å². The Hall–Kier alpha value is -3.01. The molecule has 0 spiro atoms. The second-order valence-corrected chi connectivity index (χ2v) is 7.77. The molecule has 0 radical (unpaired) electrons. The SMILES string of the molecule is CCn1c(Cc2ccccc2)nnc1S(=O)CC(=O)Nc1cccc(C(F)(F)F)c1. The molecule has 3 rings (SSSR count). The van der Waals surface area contributed by atoms with Crippen LogP contribution in [0.5, 0.6) is 0 Å². The van der Waals surface area contributed by atoms with E-state index in [-0.39, 0.29) is 10.8 Å². The molecule has 1 aromatic heterocycles. The highest BCUT2D eigenvalue weighted by Gasteiger charge is 2.30. The van der Waals surface area contributed by atoms with Crippen molar-refractivity contribution in [2.45, 2.75) is 31.2 Å². The molecule has 0 aliphatic carbocycles. The minimum atomic E-state index is -4.52. The molecule has 1 amide bonds. The van der Waals surface area contributed by atoms with Gasteiger partial charge in [0.25, 0.3) is 0 Å². The summed E-state index contributed by atoms with van der Waals surface area (Å²) in [6, 6.07) is 13.8. The number of anilines is 1. The summed E-state index contributed by atoms with van der Waals surface area (Å²) in [6.07, 6.45) is -4.02. The summed E-state index contributed by atoms with van der Waals surface area (Å²) in [6.45, 7) is 2.31. The number of hydrogen-bond acceptors (Lipinski definition) is 4. The van der Waals surface area contributed by atoms with E-state index in [0.29, 0.717) is 18.8 Å². The molecule has 30 heavy (non-hydrogen) atoms. The summed E-state index contributed by atoms with van der Waals surface area (Å²) < 4.78 is 52.7. The lowest BCUT2D eigenvalue weighted by Gasteiger charge is -2.10. The lowest BCUT2D eigenvalue weighted by Crippen LogP contribution is -2.22. The Balaban J connectivity index is 1.69. The van der Waals surface area contributed by atoms with Gasteiger partial charge < -0.3 is 9.88 Å². The highest BCUT2D eigenvalue weighted by molar-refractivity contribution is 7.85. The van der Waals surface area contributed by atoms with Gasteiger partial charge in [0.15, 0.2) is 0 Å². The molecule has 1 N–H and O–H groups in total. The topological polar surface area (TPSA) is 76.9 Å². The van der Waals surface area contributed by atoms with Crippen molar-refractivity contribution in [3.05, 3.63) is 71.5 Å². The number of nitrogens with one attached hydrogen (secondary N) is 1. The van der Waals surface area contributed by atoms with Crippen LogP contribution in [0, 0.1) is 0 Å². The zero-order valence-electron chi connectivity index (χ0n) is 16.0. The molecule has 158 valence electrons. The van der Waals surface area contributed by atoms with Crippen LogP contribution < -0.4 is 5.32 Å². The third-order valence-corrected chi connectivity index (χ3v) is 5.49. The van der Waals surface area contributed by atoms with Crippen molar-refractivity contribution >= 4 is 22.4 Å². The van der Waals surface area contributed by atoms with Gasteiger partial charge in [-0.3, -0.25) is 9.00 Å². The Morgan fingerprint density at radius 2 is 1.83 bits per heavy atom. The second-order valence-electron chi connectivity index (χ2n) is 6.42. The number of nitrogens with zero attached hydrogens (tertiary/aromatic N) is 3. The van der Waals surface area contributed by atoms with Crippen LogP contribution in [0.2, 0.25) is 0 Å². The Morgan fingerprint density at radius 1 is 1.10 bits per heavy atom. The first-order valence-corrected chi connectivity index (χ1v) is 10.4. The predicted octanol–water partition coefficient (Wildman–Crippen LogP) is 3.65. The van der Waals surface area contributed by atoms with Crippen molar-refractivity contribution in [3.63, 3.8) is 0 Å². The van der Waals surface area contributed by atoms with Gasteiger partial charge in [0.2, 0.25) is 11.1 Å². The molecule has 0 aliphatic rings. The zero-order valence-corrected chi connectivity index (χ0v) is 16.8. The van der Waals surface area contributed by atoms with Crippen LogP contribution in [0.25, 0.3) is 0 Å². The van der Waals surface area contributed by atoms with Gasteiger partial charge in [0.1, 0.15) is 22.4 Å². The molecule has 2 aromatic carbocycles. The highest BCUT2D eigenvalue weighted by atomic mass is 32.2. The molecule has 1 unspecified atom stereocenters. The first-order valence-electron chi connectivity index (χ1n) is 9.09. The van der Waals surface area contributed by atoms with Crippen LogP contribution in [0.4, 0.5) is 18.9 Å².